The number of carbonyl (C=O) groups excluding carboxylic acids is 1. The molecule has 1 aromatic heterocycles. The van der Waals surface area contributed by atoms with Crippen molar-refractivity contribution >= 4 is 22.5 Å². The zero-order chi connectivity index (χ0) is 11.4. The van der Waals surface area contributed by atoms with Gasteiger partial charge in [-0.05, 0) is 0 Å². The number of hydrogen-bond donors (Lipinski definition) is 2. The first kappa shape index (κ1) is 10.6. The molecule has 0 spiro atoms. The van der Waals surface area contributed by atoms with Gasteiger partial charge >= 0.3 is 6.03 Å². The van der Waals surface area contributed by atoms with Crippen LogP contribution in [-0.2, 0) is 0 Å². The lowest BCUT2D eigenvalue weighted by Gasteiger charge is -1.96. The first-order valence-electron chi connectivity index (χ1n) is 4.67. The van der Waals surface area contributed by atoms with E-state index in [1.165, 1.54) is 11.3 Å². The fourth-order valence-electron chi connectivity index (χ4n) is 1.13. The third-order valence-electron chi connectivity index (χ3n) is 1.89. The Bertz CT molecular complexity index is 483. The van der Waals surface area contributed by atoms with Gasteiger partial charge in [0.1, 0.15) is 5.01 Å². The van der Waals surface area contributed by atoms with Gasteiger partial charge in [0, 0.05) is 12.6 Å². The minimum absolute atomic E-state index is 0.296. The highest BCUT2D eigenvalue weighted by Crippen LogP contribution is 2.25. The van der Waals surface area contributed by atoms with E-state index in [0.29, 0.717) is 5.13 Å². The minimum atomic E-state index is -0.296. The van der Waals surface area contributed by atoms with Crippen molar-refractivity contribution in [2.75, 3.05) is 12.4 Å². The van der Waals surface area contributed by atoms with E-state index in [4.69, 9.17) is 0 Å². The monoisotopic (exact) mass is 234 g/mol. The maximum absolute atomic E-state index is 11.0. The average Bonchev–Trinajstić information content (AvgIpc) is 2.78. The zero-order valence-electron chi connectivity index (χ0n) is 8.60. The second-order valence-corrected chi connectivity index (χ2v) is 3.96. The molecule has 5 nitrogen and oxygen atoms in total. The standard InChI is InChI=1S/C10H10N4OS/c1-11-9(15)12-10-14-13-8(16-10)7-5-3-2-4-6-7/h2-6H,1H3,(H2,11,12,14,15). The van der Waals surface area contributed by atoms with Gasteiger partial charge in [0.05, 0.1) is 0 Å². The van der Waals surface area contributed by atoms with Crippen molar-refractivity contribution < 1.29 is 4.79 Å². The number of aromatic nitrogens is 2. The topological polar surface area (TPSA) is 66.9 Å². The van der Waals surface area contributed by atoms with E-state index in [1.807, 2.05) is 30.3 Å². The molecular weight excluding hydrogens is 224 g/mol. The summed E-state index contributed by atoms with van der Waals surface area (Å²) in [4.78, 5) is 11.0. The van der Waals surface area contributed by atoms with Crippen LogP contribution in [0.25, 0.3) is 10.6 Å². The predicted molar refractivity (Wildman–Crippen MR) is 63.4 cm³/mol. The quantitative estimate of drug-likeness (QED) is 0.834. The van der Waals surface area contributed by atoms with Crippen molar-refractivity contribution in [2.24, 2.45) is 0 Å². The molecule has 0 saturated carbocycles. The Kier molecular flexibility index (Phi) is 3.11. The molecule has 6 heteroatoms. The molecule has 0 aliphatic rings. The summed E-state index contributed by atoms with van der Waals surface area (Å²) in [7, 11) is 1.55. The lowest BCUT2D eigenvalue weighted by molar-refractivity contribution is 0.254. The molecule has 16 heavy (non-hydrogen) atoms. The van der Waals surface area contributed by atoms with Gasteiger partial charge in [-0.25, -0.2) is 4.79 Å². The molecule has 0 fully saturated rings. The smallest absolute Gasteiger partial charge is 0.320 e. The normalized spacial score (nSPS) is 9.81. The maximum atomic E-state index is 11.0. The molecule has 0 saturated heterocycles. The van der Waals surface area contributed by atoms with Crippen molar-refractivity contribution in [3.63, 3.8) is 0 Å². The second-order valence-electron chi connectivity index (χ2n) is 2.98. The van der Waals surface area contributed by atoms with Gasteiger partial charge in [0.2, 0.25) is 5.13 Å². The van der Waals surface area contributed by atoms with Crippen LogP contribution < -0.4 is 10.6 Å². The third kappa shape index (κ3) is 2.34. The van der Waals surface area contributed by atoms with Gasteiger partial charge in [-0.3, -0.25) is 5.32 Å². The van der Waals surface area contributed by atoms with Crippen molar-refractivity contribution in [3.8, 4) is 10.6 Å². The van der Waals surface area contributed by atoms with Crippen molar-refractivity contribution in [1.29, 1.82) is 0 Å². The molecule has 82 valence electrons. The molecule has 2 N–H and O–H groups in total. The van der Waals surface area contributed by atoms with Crippen LogP contribution in [0.1, 0.15) is 0 Å². The molecule has 1 heterocycles. The molecule has 2 aromatic rings. The van der Waals surface area contributed by atoms with E-state index < -0.39 is 0 Å². The number of hydrogen-bond acceptors (Lipinski definition) is 4. The Morgan fingerprint density at radius 1 is 1.25 bits per heavy atom. The fraction of sp³-hybridized carbons (Fsp3) is 0.100. The Morgan fingerprint density at radius 3 is 2.69 bits per heavy atom. The predicted octanol–water partition coefficient (Wildman–Crippen LogP) is 1.96. The van der Waals surface area contributed by atoms with E-state index in [2.05, 4.69) is 20.8 Å². The summed E-state index contributed by atoms with van der Waals surface area (Å²) in [6, 6.07) is 9.41. The van der Waals surface area contributed by atoms with Gasteiger partial charge in [0.25, 0.3) is 0 Å². The van der Waals surface area contributed by atoms with Crippen LogP contribution in [0.2, 0.25) is 0 Å². The van der Waals surface area contributed by atoms with E-state index in [9.17, 15) is 4.79 Å². The summed E-state index contributed by atoms with van der Waals surface area (Å²) in [6.45, 7) is 0. The number of benzene rings is 1. The lowest BCUT2D eigenvalue weighted by Crippen LogP contribution is -2.24. The number of anilines is 1. The Hall–Kier alpha value is -1.95. The molecular formula is C10H10N4OS. The molecule has 0 atom stereocenters. The van der Waals surface area contributed by atoms with Gasteiger partial charge in [-0.2, -0.15) is 0 Å². The average molecular weight is 234 g/mol. The van der Waals surface area contributed by atoms with E-state index in [-0.39, 0.29) is 6.03 Å². The van der Waals surface area contributed by atoms with Crippen LogP contribution in [-0.4, -0.2) is 23.3 Å². The van der Waals surface area contributed by atoms with Crippen LogP contribution in [0.15, 0.2) is 30.3 Å². The highest BCUT2D eigenvalue weighted by atomic mass is 32.1. The minimum Gasteiger partial charge on any atom is -0.341 e. The van der Waals surface area contributed by atoms with Crippen LogP contribution in [0.4, 0.5) is 9.93 Å². The van der Waals surface area contributed by atoms with Crippen molar-refractivity contribution in [2.45, 2.75) is 0 Å². The Balaban J connectivity index is 2.17. The van der Waals surface area contributed by atoms with Gasteiger partial charge in [-0.15, -0.1) is 10.2 Å². The fourth-order valence-corrected chi connectivity index (χ4v) is 1.87. The molecule has 2 rings (SSSR count). The van der Waals surface area contributed by atoms with Crippen molar-refractivity contribution in [3.05, 3.63) is 30.3 Å². The van der Waals surface area contributed by atoms with E-state index in [1.54, 1.807) is 7.05 Å². The zero-order valence-corrected chi connectivity index (χ0v) is 9.41. The first-order chi connectivity index (χ1) is 7.79. The van der Waals surface area contributed by atoms with Crippen LogP contribution in [0, 0.1) is 0 Å². The number of amides is 2. The summed E-state index contributed by atoms with van der Waals surface area (Å²) < 4.78 is 0. The summed E-state index contributed by atoms with van der Waals surface area (Å²) in [6.07, 6.45) is 0. The van der Waals surface area contributed by atoms with Gasteiger partial charge < -0.3 is 5.32 Å². The summed E-state index contributed by atoms with van der Waals surface area (Å²) in [5.74, 6) is 0. The number of nitrogens with zero attached hydrogens (tertiary/aromatic N) is 2. The summed E-state index contributed by atoms with van der Waals surface area (Å²) >= 11 is 1.34. The number of carbonyl (C=O) groups is 1. The van der Waals surface area contributed by atoms with Crippen LogP contribution in [0.5, 0.6) is 0 Å². The third-order valence-corrected chi connectivity index (χ3v) is 2.78. The van der Waals surface area contributed by atoms with Crippen LogP contribution in [0.3, 0.4) is 0 Å². The van der Waals surface area contributed by atoms with Crippen molar-refractivity contribution in [1.82, 2.24) is 15.5 Å². The largest absolute Gasteiger partial charge is 0.341 e. The highest BCUT2D eigenvalue weighted by Gasteiger charge is 2.07. The summed E-state index contributed by atoms with van der Waals surface area (Å²) in [5, 5.41) is 14.2. The lowest BCUT2D eigenvalue weighted by atomic mass is 10.2. The first-order valence-corrected chi connectivity index (χ1v) is 5.49. The van der Waals surface area contributed by atoms with E-state index in [0.717, 1.165) is 10.6 Å². The van der Waals surface area contributed by atoms with E-state index >= 15 is 0 Å². The molecule has 0 unspecified atom stereocenters. The van der Waals surface area contributed by atoms with Gasteiger partial charge in [0.15, 0.2) is 0 Å². The number of rotatable bonds is 2. The second kappa shape index (κ2) is 4.71. The molecule has 1 aromatic carbocycles. The molecule has 0 radical (unpaired) electrons. The molecule has 0 bridgehead atoms. The number of nitrogens with one attached hydrogen (secondary N) is 2. The molecule has 0 aliphatic heterocycles. The number of urea groups is 1. The van der Waals surface area contributed by atoms with Gasteiger partial charge in [-0.1, -0.05) is 41.7 Å². The molecule has 0 aliphatic carbocycles. The SMILES string of the molecule is CNC(=O)Nc1nnc(-c2ccccc2)s1. The Morgan fingerprint density at radius 2 is 2.00 bits per heavy atom. The maximum Gasteiger partial charge on any atom is 0.320 e. The summed E-state index contributed by atoms with van der Waals surface area (Å²) in [5.41, 5.74) is 0.991. The molecule has 2 amide bonds. The highest BCUT2D eigenvalue weighted by molar-refractivity contribution is 7.18. The van der Waals surface area contributed by atoms with Crippen LogP contribution >= 0.6 is 11.3 Å². The Labute approximate surface area is 96.5 Å².